The van der Waals surface area contributed by atoms with Crippen molar-refractivity contribution in [2.45, 2.75) is 13.0 Å². The zero-order valence-corrected chi connectivity index (χ0v) is 12.0. The molecule has 3 N–H and O–H groups in total. The highest BCUT2D eigenvalue weighted by atomic mass is 19.1. The molecule has 0 spiro atoms. The summed E-state index contributed by atoms with van der Waals surface area (Å²) in [6, 6.07) is 11.9. The molecule has 0 saturated heterocycles. The third kappa shape index (κ3) is 4.84. The minimum absolute atomic E-state index is 0.317. The number of nitrogens with two attached hydrogens (primary N) is 1. The molecule has 0 aliphatic rings. The molecule has 0 heterocycles. The molecule has 2 aromatic rings. The molecule has 2 rings (SSSR count). The van der Waals surface area contributed by atoms with Gasteiger partial charge in [0.05, 0.1) is 6.04 Å². The normalized spacial score (nSPS) is 11.0. The van der Waals surface area contributed by atoms with E-state index in [1.807, 2.05) is 6.07 Å². The van der Waals surface area contributed by atoms with E-state index in [4.69, 9.17) is 10.5 Å². The van der Waals surface area contributed by atoms with Crippen molar-refractivity contribution < 1.29 is 13.9 Å². The van der Waals surface area contributed by atoms with Crippen LogP contribution in [-0.2, 0) is 0 Å². The lowest BCUT2D eigenvalue weighted by Crippen LogP contribution is -2.35. The smallest absolute Gasteiger partial charge is 0.313 e. The van der Waals surface area contributed by atoms with E-state index in [2.05, 4.69) is 17.2 Å². The molecule has 0 aromatic heterocycles. The van der Waals surface area contributed by atoms with Gasteiger partial charge in [0.15, 0.2) is 0 Å². The summed E-state index contributed by atoms with van der Waals surface area (Å²) in [5.74, 6) is 6.60. The van der Waals surface area contributed by atoms with Crippen LogP contribution in [0.1, 0.15) is 12.5 Å². The maximum absolute atomic E-state index is 12.8. The van der Waals surface area contributed by atoms with Crippen LogP contribution in [0.15, 0.2) is 48.5 Å². The zero-order chi connectivity index (χ0) is 15.9. The van der Waals surface area contributed by atoms with E-state index in [0.29, 0.717) is 11.5 Å². The van der Waals surface area contributed by atoms with Crippen LogP contribution < -0.4 is 15.8 Å². The molecule has 0 aliphatic carbocycles. The highest BCUT2D eigenvalue weighted by Crippen LogP contribution is 2.22. The summed E-state index contributed by atoms with van der Waals surface area (Å²) in [6.07, 6.45) is 0. The van der Waals surface area contributed by atoms with E-state index in [0.717, 1.165) is 5.56 Å². The van der Waals surface area contributed by atoms with Crippen LogP contribution in [0.3, 0.4) is 0 Å². The van der Waals surface area contributed by atoms with Crippen LogP contribution in [0.2, 0.25) is 0 Å². The van der Waals surface area contributed by atoms with Gasteiger partial charge in [0.25, 0.3) is 0 Å². The fourth-order valence-corrected chi connectivity index (χ4v) is 1.72. The molecular weight excluding hydrogens is 283 g/mol. The first-order valence-electron chi connectivity index (χ1n) is 6.64. The number of urea groups is 1. The SMILES string of the molecule is C[C@@H](C#Cc1cccc(Oc2ccc(F)cc2)c1)NC(N)=O. The average Bonchev–Trinajstić information content (AvgIpc) is 2.47. The monoisotopic (exact) mass is 298 g/mol. The molecular formula is C17H15FN2O2. The number of hydrogen-bond donors (Lipinski definition) is 2. The molecule has 2 amide bonds. The first-order chi connectivity index (χ1) is 10.5. The fraction of sp³-hybridized carbons (Fsp3) is 0.118. The summed E-state index contributed by atoms with van der Waals surface area (Å²) in [5.41, 5.74) is 5.75. The van der Waals surface area contributed by atoms with E-state index >= 15 is 0 Å². The van der Waals surface area contributed by atoms with Gasteiger partial charge in [-0.1, -0.05) is 17.9 Å². The number of amides is 2. The average molecular weight is 298 g/mol. The van der Waals surface area contributed by atoms with E-state index in [1.165, 1.54) is 12.1 Å². The maximum atomic E-state index is 12.8. The number of primary amides is 1. The Balaban J connectivity index is 2.08. The molecule has 0 fully saturated rings. The molecule has 22 heavy (non-hydrogen) atoms. The minimum atomic E-state index is -0.616. The summed E-state index contributed by atoms with van der Waals surface area (Å²) in [5, 5.41) is 2.47. The van der Waals surface area contributed by atoms with Crippen LogP contribution in [0.4, 0.5) is 9.18 Å². The second kappa shape index (κ2) is 7.14. The van der Waals surface area contributed by atoms with Crippen molar-refractivity contribution in [2.24, 2.45) is 5.73 Å². The molecule has 2 aromatic carbocycles. The Morgan fingerprint density at radius 1 is 1.23 bits per heavy atom. The van der Waals surface area contributed by atoms with Crippen LogP contribution in [-0.4, -0.2) is 12.1 Å². The minimum Gasteiger partial charge on any atom is -0.457 e. The number of benzene rings is 2. The maximum Gasteiger partial charge on any atom is 0.313 e. The van der Waals surface area contributed by atoms with Gasteiger partial charge in [-0.05, 0) is 49.4 Å². The van der Waals surface area contributed by atoms with Gasteiger partial charge in [0, 0.05) is 5.56 Å². The van der Waals surface area contributed by atoms with Crippen molar-refractivity contribution in [3.63, 3.8) is 0 Å². The largest absolute Gasteiger partial charge is 0.457 e. The molecule has 0 bridgehead atoms. The molecule has 1 atom stereocenters. The van der Waals surface area contributed by atoms with E-state index < -0.39 is 6.03 Å². The van der Waals surface area contributed by atoms with Crippen molar-refractivity contribution in [3.8, 4) is 23.3 Å². The Morgan fingerprint density at radius 3 is 2.64 bits per heavy atom. The topological polar surface area (TPSA) is 64.3 Å². The van der Waals surface area contributed by atoms with Crippen molar-refractivity contribution >= 4 is 6.03 Å². The van der Waals surface area contributed by atoms with Gasteiger partial charge < -0.3 is 15.8 Å². The highest BCUT2D eigenvalue weighted by Gasteiger charge is 2.00. The van der Waals surface area contributed by atoms with E-state index in [9.17, 15) is 9.18 Å². The van der Waals surface area contributed by atoms with Crippen molar-refractivity contribution in [2.75, 3.05) is 0 Å². The summed E-state index contributed by atoms with van der Waals surface area (Å²) in [7, 11) is 0. The van der Waals surface area contributed by atoms with Crippen LogP contribution in [0.25, 0.3) is 0 Å². The van der Waals surface area contributed by atoms with Crippen molar-refractivity contribution in [3.05, 3.63) is 59.9 Å². The first-order valence-corrected chi connectivity index (χ1v) is 6.64. The van der Waals surface area contributed by atoms with Gasteiger partial charge in [-0.3, -0.25) is 0 Å². The molecule has 4 nitrogen and oxygen atoms in total. The first kappa shape index (κ1) is 15.4. The summed E-state index contributed by atoms with van der Waals surface area (Å²) < 4.78 is 18.5. The molecule has 5 heteroatoms. The number of halogens is 1. The number of rotatable bonds is 3. The fourth-order valence-electron chi connectivity index (χ4n) is 1.72. The Bertz CT molecular complexity index is 717. The zero-order valence-electron chi connectivity index (χ0n) is 12.0. The van der Waals surface area contributed by atoms with E-state index in [1.54, 1.807) is 37.3 Å². The molecule has 0 unspecified atom stereocenters. The van der Waals surface area contributed by atoms with Gasteiger partial charge in [0.1, 0.15) is 17.3 Å². The predicted octanol–water partition coefficient (Wildman–Crippen LogP) is 3.03. The number of nitrogens with one attached hydrogen (secondary N) is 1. The quantitative estimate of drug-likeness (QED) is 0.855. The Morgan fingerprint density at radius 2 is 1.95 bits per heavy atom. The third-order valence-electron chi connectivity index (χ3n) is 2.68. The predicted molar refractivity (Wildman–Crippen MR) is 82.0 cm³/mol. The third-order valence-corrected chi connectivity index (χ3v) is 2.68. The summed E-state index contributed by atoms with van der Waals surface area (Å²) >= 11 is 0. The summed E-state index contributed by atoms with van der Waals surface area (Å²) in [4.78, 5) is 10.7. The van der Waals surface area contributed by atoms with Gasteiger partial charge in [-0.2, -0.15) is 0 Å². The number of hydrogen-bond acceptors (Lipinski definition) is 2. The van der Waals surface area contributed by atoms with Crippen molar-refractivity contribution in [1.29, 1.82) is 0 Å². The Labute approximate surface area is 128 Å². The lowest BCUT2D eigenvalue weighted by Gasteiger charge is -2.06. The van der Waals surface area contributed by atoms with Crippen LogP contribution in [0.5, 0.6) is 11.5 Å². The molecule has 0 radical (unpaired) electrons. The van der Waals surface area contributed by atoms with Gasteiger partial charge in [0.2, 0.25) is 0 Å². The lowest BCUT2D eigenvalue weighted by atomic mass is 10.2. The number of carbonyl (C=O) groups excluding carboxylic acids is 1. The highest BCUT2D eigenvalue weighted by molar-refractivity contribution is 5.72. The standard InChI is InChI=1S/C17H15FN2O2/c1-12(20-17(19)21)5-6-13-3-2-4-16(11-13)22-15-9-7-14(18)8-10-15/h2-4,7-12H,1H3,(H3,19,20,21)/t12-/m0/s1. The van der Waals surface area contributed by atoms with Gasteiger partial charge in [-0.15, -0.1) is 0 Å². The molecule has 112 valence electrons. The van der Waals surface area contributed by atoms with Crippen LogP contribution >= 0.6 is 0 Å². The second-order valence-electron chi connectivity index (χ2n) is 4.58. The number of carbonyl (C=O) groups is 1. The van der Waals surface area contributed by atoms with Crippen molar-refractivity contribution in [1.82, 2.24) is 5.32 Å². The second-order valence-corrected chi connectivity index (χ2v) is 4.58. The number of ether oxygens (including phenoxy) is 1. The van der Waals surface area contributed by atoms with Crippen LogP contribution in [0, 0.1) is 17.7 Å². The van der Waals surface area contributed by atoms with E-state index in [-0.39, 0.29) is 11.9 Å². The lowest BCUT2D eigenvalue weighted by molar-refractivity contribution is 0.248. The Kier molecular flexibility index (Phi) is 4.99. The van der Waals surface area contributed by atoms with Gasteiger partial charge >= 0.3 is 6.03 Å². The molecule has 0 aliphatic heterocycles. The summed E-state index contributed by atoms with van der Waals surface area (Å²) in [6.45, 7) is 1.73. The Hall–Kier alpha value is -3.00. The van der Waals surface area contributed by atoms with Gasteiger partial charge in [-0.25, -0.2) is 9.18 Å². The molecule has 0 saturated carbocycles.